The van der Waals surface area contributed by atoms with Crippen LogP contribution in [-0.2, 0) is 0 Å². The lowest BCUT2D eigenvalue weighted by molar-refractivity contribution is 0.338. The molecule has 0 amide bonds. The molecule has 2 aliphatic carbocycles. The lowest BCUT2D eigenvalue weighted by Gasteiger charge is -2.29. The molecule has 0 radical (unpaired) electrons. The maximum absolute atomic E-state index is 9.37. The Kier molecular flexibility index (Phi) is 5.85. The zero-order valence-electron chi connectivity index (χ0n) is 18.6. The largest absolute Gasteiger partial charge is 0.495 e. The third kappa shape index (κ3) is 4.50. The number of nitrogens with zero attached hydrogens (tertiary/aromatic N) is 3. The molecular formula is C27H30N4O. The van der Waals surface area contributed by atoms with Gasteiger partial charge in [-0.3, -0.25) is 4.68 Å². The molecule has 2 aliphatic rings. The van der Waals surface area contributed by atoms with E-state index in [0.717, 1.165) is 6.54 Å². The van der Waals surface area contributed by atoms with Gasteiger partial charge in [0.1, 0.15) is 11.8 Å². The van der Waals surface area contributed by atoms with Crippen molar-refractivity contribution in [3.05, 3.63) is 66.0 Å². The summed E-state index contributed by atoms with van der Waals surface area (Å²) in [7, 11) is 1.62. The Balaban J connectivity index is 1.15. The molecule has 5 rings (SSSR count). The smallest absolute Gasteiger partial charge is 0.136 e. The van der Waals surface area contributed by atoms with E-state index in [-0.39, 0.29) is 0 Å². The number of hydrogen-bond acceptors (Lipinski definition) is 4. The van der Waals surface area contributed by atoms with E-state index >= 15 is 0 Å². The summed E-state index contributed by atoms with van der Waals surface area (Å²) in [4.78, 5) is 0. The van der Waals surface area contributed by atoms with Crippen LogP contribution in [0.3, 0.4) is 0 Å². The number of aromatic nitrogens is 2. The molecular weight excluding hydrogens is 396 g/mol. The van der Waals surface area contributed by atoms with E-state index in [2.05, 4.69) is 57.7 Å². The van der Waals surface area contributed by atoms with Gasteiger partial charge in [-0.25, -0.2) is 0 Å². The van der Waals surface area contributed by atoms with Crippen molar-refractivity contribution in [3.63, 3.8) is 0 Å². The van der Waals surface area contributed by atoms with Gasteiger partial charge in [0.15, 0.2) is 0 Å². The van der Waals surface area contributed by atoms with Crippen molar-refractivity contribution < 1.29 is 4.74 Å². The standard InChI is InChI=1S/C27H30N4O/c1-32-27-12-9-22(13-23(27)15-28)20-7-5-19(6-8-20)16-29-25-4-2-3-21(14-25)24-17-30-31(18-24)26-10-11-26/h2-4,9,12-14,17-20,26,29H,5-8,10-11,16H2,1H3/t19-,20-. The second kappa shape index (κ2) is 9.08. The summed E-state index contributed by atoms with van der Waals surface area (Å²) >= 11 is 0. The number of nitriles is 1. The minimum atomic E-state index is 0.538. The quantitative estimate of drug-likeness (QED) is 0.492. The van der Waals surface area contributed by atoms with Crippen molar-refractivity contribution in [2.75, 3.05) is 19.0 Å². The Morgan fingerprint density at radius 1 is 1.06 bits per heavy atom. The van der Waals surface area contributed by atoms with Gasteiger partial charge >= 0.3 is 0 Å². The van der Waals surface area contributed by atoms with Gasteiger partial charge in [-0.1, -0.05) is 18.2 Å². The topological polar surface area (TPSA) is 62.9 Å². The fraction of sp³-hybridized carbons (Fsp3) is 0.407. The Labute approximate surface area is 190 Å². The van der Waals surface area contributed by atoms with Crippen molar-refractivity contribution in [2.45, 2.75) is 50.5 Å². The fourth-order valence-electron chi connectivity index (χ4n) is 4.86. The van der Waals surface area contributed by atoms with Gasteiger partial charge in [-0.15, -0.1) is 0 Å². The van der Waals surface area contributed by atoms with Crippen LogP contribution in [0.2, 0.25) is 0 Å². The van der Waals surface area contributed by atoms with Gasteiger partial charge in [-0.05, 0) is 85.8 Å². The molecule has 5 heteroatoms. The van der Waals surface area contributed by atoms with Crippen LogP contribution in [0.4, 0.5) is 5.69 Å². The highest BCUT2D eigenvalue weighted by Crippen LogP contribution is 2.38. The van der Waals surface area contributed by atoms with Crippen LogP contribution in [0.1, 0.15) is 61.6 Å². The third-order valence-corrected chi connectivity index (χ3v) is 6.98. The lowest BCUT2D eigenvalue weighted by atomic mass is 9.78. The Morgan fingerprint density at radius 2 is 1.91 bits per heavy atom. The average Bonchev–Trinajstić information content (AvgIpc) is 3.59. The summed E-state index contributed by atoms with van der Waals surface area (Å²) in [5, 5.41) is 17.6. The summed E-state index contributed by atoms with van der Waals surface area (Å²) in [6, 6.07) is 17.6. The molecule has 2 aromatic carbocycles. The van der Waals surface area contributed by atoms with Gasteiger partial charge < -0.3 is 10.1 Å². The van der Waals surface area contributed by atoms with Crippen molar-refractivity contribution in [2.24, 2.45) is 5.92 Å². The molecule has 0 unspecified atom stereocenters. The van der Waals surface area contributed by atoms with Gasteiger partial charge in [0.05, 0.1) is 24.9 Å². The zero-order chi connectivity index (χ0) is 21.9. The van der Waals surface area contributed by atoms with E-state index in [4.69, 9.17) is 4.74 Å². The van der Waals surface area contributed by atoms with E-state index < -0.39 is 0 Å². The van der Waals surface area contributed by atoms with Crippen LogP contribution < -0.4 is 10.1 Å². The summed E-state index contributed by atoms with van der Waals surface area (Å²) < 4.78 is 7.39. The predicted molar refractivity (Wildman–Crippen MR) is 127 cm³/mol. The molecule has 0 saturated heterocycles. The summed E-state index contributed by atoms with van der Waals surface area (Å²) in [5.74, 6) is 1.88. The van der Waals surface area contributed by atoms with E-state index in [1.165, 1.54) is 60.9 Å². The summed E-state index contributed by atoms with van der Waals surface area (Å²) in [5.41, 5.74) is 5.50. The van der Waals surface area contributed by atoms with E-state index in [1.54, 1.807) is 7.11 Å². The summed E-state index contributed by atoms with van der Waals surface area (Å²) in [6.45, 7) is 1.00. The molecule has 1 heterocycles. The maximum atomic E-state index is 9.37. The highest BCUT2D eigenvalue weighted by molar-refractivity contribution is 5.67. The Hall–Kier alpha value is -3.26. The van der Waals surface area contributed by atoms with E-state index in [9.17, 15) is 5.26 Å². The molecule has 2 saturated carbocycles. The number of ether oxygens (including phenoxy) is 1. The second-order valence-corrected chi connectivity index (χ2v) is 9.19. The van der Waals surface area contributed by atoms with Crippen molar-refractivity contribution in [1.29, 1.82) is 5.26 Å². The Bertz CT molecular complexity index is 1120. The summed E-state index contributed by atoms with van der Waals surface area (Å²) in [6.07, 6.45) is 11.4. The van der Waals surface area contributed by atoms with E-state index in [1.807, 2.05) is 18.3 Å². The average molecular weight is 427 g/mol. The van der Waals surface area contributed by atoms with Crippen LogP contribution in [-0.4, -0.2) is 23.4 Å². The minimum absolute atomic E-state index is 0.538. The molecule has 2 fully saturated rings. The molecule has 5 nitrogen and oxygen atoms in total. The van der Waals surface area contributed by atoms with Crippen LogP contribution >= 0.6 is 0 Å². The molecule has 164 valence electrons. The van der Waals surface area contributed by atoms with Crippen molar-refractivity contribution in [3.8, 4) is 22.9 Å². The lowest BCUT2D eigenvalue weighted by Crippen LogP contribution is -2.20. The van der Waals surface area contributed by atoms with Gasteiger partial charge in [0.2, 0.25) is 0 Å². The number of nitrogens with one attached hydrogen (secondary N) is 1. The number of methoxy groups -OCH3 is 1. The van der Waals surface area contributed by atoms with Crippen LogP contribution in [0.25, 0.3) is 11.1 Å². The normalized spacial score (nSPS) is 20.5. The van der Waals surface area contributed by atoms with E-state index in [0.29, 0.717) is 29.2 Å². The molecule has 1 N–H and O–H groups in total. The van der Waals surface area contributed by atoms with Crippen molar-refractivity contribution in [1.82, 2.24) is 9.78 Å². The van der Waals surface area contributed by atoms with Gasteiger partial charge in [0.25, 0.3) is 0 Å². The first-order valence-electron chi connectivity index (χ1n) is 11.7. The number of rotatable bonds is 7. The van der Waals surface area contributed by atoms with Crippen molar-refractivity contribution >= 4 is 5.69 Å². The number of anilines is 1. The van der Waals surface area contributed by atoms with Gasteiger partial charge in [0, 0.05) is 24.0 Å². The first-order chi connectivity index (χ1) is 15.7. The second-order valence-electron chi connectivity index (χ2n) is 9.19. The predicted octanol–water partition coefficient (Wildman–Crippen LogP) is 6.15. The highest BCUT2D eigenvalue weighted by atomic mass is 16.5. The molecule has 0 spiro atoms. The minimum Gasteiger partial charge on any atom is -0.495 e. The first kappa shape index (κ1) is 20.6. The van der Waals surface area contributed by atoms with Gasteiger partial charge in [-0.2, -0.15) is 10.4 Å². The highest BCUT2D eigenvalue weighted by Gasteiger charge is 2.25. The maximum Gasteiger partial charge on any atom is 0.136 e. The molecule has 0 bridgehead atoms. The fourth-order valence-corrected chi connectivity index (χ4v) is 4.86. The molecule has 0 atom stereocenters. The third-order valence-electron chi connectivity index (χ3n) is 6.98. The monoisotopic (exact) mass is 426 g/mol. The van der Waals surface area contributed by atoms with Crippen LogP contribution in [0, 0.1) is 17.2 Å². The molecule has 3 aromatic rings. The zero-order valence-corrected chi connectivity index (χ0v) is 18.6. The van der Waals surface area contributed by atoms with Crippen LogP contribution in [0.5, 0.6) is 5.75 Å². The number of benzene rings is 2. The Morgan fingerprint density at radius 3 is 2.66 bits per heavy atom. The molecule has 32 heavy (non-hydrogen) atoms. The SMILES string of the molecule is COc1ccc([C@H]2CC[C@H](CNc3cccc(-c4cnn(C5CC5)c4)c3)CC2)cc1C#N. The van der Waals surface area contributed by atoms with Crippen LogP contribution in [0.15, 0.2) is 54.9 Å². The molecule has 1 aromatic heterocycles. The first-order valence-corrected chi connectivity index (χ1v) is 11.7. The molecule has 0 aliphatic heterocycles. The number of hydrogen-bond donors (Lipinski definition) is 1.